The zero-order valence-corrected chi connectivity index (χ0v) is 20.6. The molecule has 4 rings (SSSR count). The summed E-state index contributed by atoms with van der Waals surface area (Å²) in [5.74, 6) is 0.879. The van der Waals surface area contributed by atoms with Crippen molar-refractivity contribution in [2.45, 2.75) is 31.1 Å². The predicted octanol–water partition coefficient (Wildman–Crippen LogP) is 1.26. The lowest BCUT2D eigenvalue weighted by Crippen LogP contribution is -2.52. The summed E-state index contributed by atoms with van der Waals surface area (Å²) in [4.78, 5) is 19.8. The normalized spacial score (nSPS) is 22.5. The van der Waals surface area contributed by atoms with Crippen molar-refractivity contribution in [1.29, 1.82) is 0 Å². The summed E-state index contributed by atoms with van der Waals surface area (Å²) in [5.41, 5.74) is 1.04. The first-order valence-electron chi connectivity index (χ1n) is 12.3. The maximum atomic E-state index is 12.9. The monoisotopic (exact) mass is 478 g/mol. The Morgan fingerprint density at radius 1 is 0.909 bits per heavy atom. The van der Waals surface area contributed by atoms with Crippen LogP contribution in [0.15, 0.2) is 29.2 Å². The lowest BCUT2D eigenvalue weighted by molar-refractivity contribution is -0.134. The van der Waals surface area contributed by atoms with Crippen LogP contribution in [0.4, 0.5) is 0 Å². The number of carbonyl (C=O) groups excluding carboxylic acids is 1. The molecule has 0 unspecified atom stereocenters. The number of hydrogen-bond acceptors (Lipinski definition) is 6. The second kappa shape index (κ2) is 11.3. The quantitative estimate of drug-likeness (QED) is 0.588. The second-order valence-electron chi connectivity index (χ2n) is 9.56. The van der Waals surface area contributed by atoms with Crippen molar-refractivity contribution in [1.82, 2.24) is 19.0 Å². The number of sulfonamides is 1. The Morgan fingerprint density at radius 2 is 1.55 bits per heavy atom. The van der Waals surface area contributed by atoms with Crippen LogP contribution < -0.4 is 0 Å². The Bertz CT molecular complexity index is 870. The summed E-state index contributed by atoms with van der Waals surface area (Å²) in [6.07, 6.45) is 3.37. The van der Waals surface area contributed by atoms with Gasteiger partial charge < -0.3 is 9.64 Å². The van der Waals surface area contributed by atoms with Gasteiger partial charge in [-0.2, -0.15) is 4.31 Å². The molecule has 0 radical (unpaired) electrons. The molecule has 1 aromatic rings. The molecule has 3 fully saturated rings. The van der Waals surface area contributed by atoms with E-state index in [9.17, 15) is 13.2 Å². The van der Waals surface area contributed by atoms with Crippen molar-refractivity contribution in [2.75, 3.05) is 78.7 Å². The van der Waals surface area contributed by atoms with Crippen molar-refractivity contribution in [3.05, 3.63) is 29.8 Å². The van der Waals surface area contributed by atoms with Crippen molar-refractivity contribution < 1.29 is 17.9 Å². The highest BCUT2D eigenvalue weighted by atomic mass is 32.2. The molecule has 8 nitrogen and oxygen atoms in total. The number of likely N-dealkylation sites (tertiary alicyclic amines) is 1. The molecule has 0 spiro atoms. The van der Waals surface area contributed by atoms with Crippen LogP contribution in [0.3, 0.4) is 0 Å². The van der Waals surface area contributed by atoms with Crippen molar-refractivity contribution >= 4 is 15.9 Å². The number of ether oxygens (including phenoxy) is 1. The smallest absolute Gasteiger partial charge is 0.243 e. The van der Waals surface area contributed by atoms with E-state index in [1.165, 1.54) is 6.42 Å². The Labute approximate surface area is 198 Å². The van der Waals surface area contributed by atoms with Gasteiger partial charge in [0.15, 0.2) is 0 Å². The van der Waals surface area contributed by atoms with Crippen LogP contribution in [-0.4, -0.2) is 112 Å². The van der Waals surface area contributed by atoms with Gasteiger partial charge in [-0.1, -0.05) is 17.7 Å². The minimum atomic E-state index is -3.47. The average Bonchev–Trinajstić information content (AvgIpc) is 2.84. The molecular weight excluding hydrogens is 440 g/mol. The minimum Gasteiger partial charge on any atom is -0.379 e. The molecule has 0 saturated carbocycles. The molecule has 3 aliphatic heterocycles. The lowest BCUT2D eigenvalue weighted by atomic mass is 9.93. The van der Waals surface area contributed by atoms with E-state index in [1.807, 2.05) is 24.0 Å². The number of nitrogens with zero attached hydrogens (tertiary/aromatic N) is 4. The molecule has 3 saturated heterocycles. The SMILES string of the molecule is Cc1ccc(S(=O)(=O)N2CCN(CC(=O)N3CCC(CCN4CCOCC4)CC3)CC2)cc1. The van der Waals surface area contributed by atoms with Gasteiger partial charge in [0.25, 0.3) is 0 Å². The minimum absolute atomic E-state index is 0.177. The molecule has 3 heterocycles. The van der Waals surface area contributed by atoms with E-state index in [0.717, 1.165) is 64.3 Å². The van der Waals surface area contributed by atoms with Crippen LogP contribution in [-0.2, 0) is 19.6 Å². The number of carbonyl (C=O) groups is 1. The van der Waals surface area contributed by atoms with E-state index >= 15 is 0 Å². The zero-order valence-electron chi connectivity index (χ0n) is 19.8. The van der Waals surface area contributed by atoms with E-state index in [-0.39, 0.29) is 5.91 Å². The Morgan fingerprint density at radius 3 is 2.18 bits per heavy atom. The highest BCUT2D eigenvalue weighted by Crippen LogP contribution is 2.22. The number of piperazine rings is 1. The number of benzene rings is 1. The number of morpholine rings is 1. The Balaban J connectivity index is 1.17. The Kier molecular flexibility index (Phi) is 8.40. The summed E-state index contributed by atoms with van der Waals surface area (Å²) in [5, 5.41) is 0. The van der Waals surface area contributed by atoms with E-state index in [0.29, 0.717) is 43.5 Å². The van der Waals surface area contributed by atoms with Crippen LogP contribution in [0, 0.1) is 12.8 Å². The topological polar surface area (TPSA) is 73.4 Å². The molecule has 0 bridgehead atoms. The fourth-order valence-corrected chi connectivity index (χ4v) is 6.36. The van der Waals surface area contributed by atoms with Gasteiger partial charge in [0.05, 0.1) is 24.7 Å². The Hall–Kier alpha value is -1.52. The number of hydrogen-bond donors (Lipinski definition) is 0. The third-order valence-electron chi connectivity index (χ3n) is 7.27. The van der Waals surface area contributed by atoms with Gasteiger partial charge in [-0.3, -0.25) is 14.6 Å². The van der Waals surface area contributed by atoms with Crippen molar-refractivity contribution in [2.24, 2.45) is 5.92 Å². The van der Waals surface area contributed by atoms with Crippen LogP contribution in [0.5, 0.6) is 0 Å². The molecule has 1 amide bonds. The molecule has 1 aromatic carbocycles. The summed E-state index contributed by atoms with van der Waals surface area (Å²) in [6, 6.07) is 7.00. The molecule has 0 aliphatic carbocycles. The molecule has 184 valence electrons. The fraction of sp³-hybridized carbons (Fsp3) is 0.708. The largest absolute Gasteiger partial charge is 0.379 e. The molecule has 0 aromatic heterocycles. The first-order valence-corrected chi connectivity index (χ1v) is 13.7. The second-order valence-corrected chi connectivity index (χ2v) is 11.5. The van der Waals surface area contributed by atoms with Gasteiger partial charge in [0.1, 0.15) is 0 Å². The van der Waals surface area contributed by atoms with Gasteiger partial charge in [0, 0.05) is 52.4 Å². The van der Waals surface area contributed by atoms with Gasteiger partial charge in [0.2, 0.25) is 15.9 Å². The van der Waals surface area contributed by atoms with Crippen molar-refractivity contribution in [3.63, 3.8) is 0 Å². The number of amides is 1. The molecule has 9 heteroatoms. The third kappa shape index (κ3) is 6.54. The molecule has 0 atom stereocenters. The van der Waals surface area contributed by atoms with Crippen LogP contribution >= 0.6 is 0 Å². The van der Waals surface area contributed by atoms with E-state index in [1.54, 1.807) is 16.4 Å². The van der Waals surface area contributed by atoms with Gasteiger partial charge in [-0.05, 0) is 50.8 Å². The van der Waals surface area contributed by atoms with E-state index < -0.39 is 10.0 Å². The first-order chi connectivity index (χ1) is 15.9. The fourth-order valence-electron chi connectivity index (χ4n) is 4.94. The molecule has 0 N–H and O–H groups in total. The number of aryl methyl sites for hydroxylation is 1. The first kappa shape index (κ1) is 24.6. The van der Waals surface area contributed by atoms with Gasteiger partial charge in [-0.15, -0.1) is 0 Å². The number of rotatable bonds is 7. The summed E-state index contributed by atoms with van der Waals surface area (Å²) in [6.45, 7) is 10.9. The maximum absolute atomic E-state index is 12.9. The standard InChI is InChI=1S/C24H38N4O4S/c1-21-2-4-23(5-3-21)33(30,31)28-14-12-26(13-15-28)20-24(29)27-10-7-22(8-11-27)6-9-25-16-18-32-19-17-25/h2-5,22H,6-20H2,1H3. The zero-order chi connectivity index (χ0) is 23.3. The highest BCUT2D eigenvalue weighted by molar-refractivity contribution is 7.89. The third-order valence-corrected chi connectivity index (χ3v) is 9.19. The summed E-state index contributed by atoms with van der Waals surface area (Å²) in [7, 11) is -3.47. The summed E-state index contributed by atoms with van der Waals surface area (Å²) < 4.78 is 32.7. The van der Waals surface area contributed by atoms with Crippen LogP contribution in [0.1, 0.15) is 24.8 Å². The van der Waals surface area contributed by atoms with Gasteiger partial charge in [-0.25, -0.2) is 8.42 Å². The van der Waals surface area contributed by atoms with Gasteiger partial charge >= 0.3 is 0 Å². The average molecular weight is 479 g/mol. The van der Waals surface area contributed by atoms with E-state index in [4.69, 9.17) is 4.74 Å². The van der Waals surface area contributed by atoms with Crippen LogP contribution in [0.25, 0.3) is 0 Å². The molecule has 33 heavy (non-hydrogen) atoms. The molecular formula is C24H38N4O4S. The lowest BCUT2D eigenvalue weighted by Gasteiger charge is -2.37. The highest BCUT2D eigenvalue weighted by Gasteiger charge is 2.30. The van der Waals surface area contributed by atoms with Crippen molar-refractivity contribution in [3.8, 4) is 0 Å². The molecule has 3 aliphatic rings. The predicted molar refractivity (Wildman–Crippen MR) is 128 cm³/mol. The summed E-state index contributed by atoms with van der Waals surface area (Å²) >= 11 is 0. The van der Waals surface area contributed by atoms with E-state index in [2.05, 4.69) is 9.80 Å². The number of piperidine rings is 1. The maximum Gasteiger partial charge on any atom is 0.243 e. The van der Waals surface area contributed by atoms with Crippen LogP contribution in [0.2, 0.25) is 0 Å².